The number of carbonyl (C=O) groups is 1. The van der Waals surface area contributed by atoms with Crippen molar-refractivity contribution in [2.75, 3.05) is 17.7 Å². The molecule has 3 aromatic rings. The monoisotopic (exact) mass is 334 g/mol. The quantitative estimate of drug-likeness (QED) is 0.669. The van der Waals surface area contributed by atoms with Gasteiger partial charge >= 0.3 is 6.09 Å². The Morgan fingerprint density at radius 3 is 2.32 bits per heavy atom. The van der Waals surface area contributed by atoms with Crippen LogP contribution in [0.2, 0.25) is 0 Å². The molecule has 0 saturated carbocycles. The third-order valence-electron chi connectivity index (χ3n) is 3.83. The van der Waals surface area contributed by atoms with Gasteiger partial charge in [-0.2, -0.15) is 0 Å². The minimum Gasteiger partial charge on any atom is -0.465 e. The Bertz CT molecular complexity index is 894. The first-order chi connectivity index (χ1) is 12.0. The van der Waals surface area contributed by atoms with Gasteiger partial charge in [0.15, 0.2) is 0 Å². The molecule has 5 heteroatoms. The van der Waals surface area contributed by atoms with E-state index in [2.05, 4.69) is 0 Å². The van der Waals surface area contributed by atoms with Gasteiger partial charge in [0.2, 0.25) is 0 Å². The van der Waals surface area contributed by atoms with Crippen LogP contribution in [-0.4, -0.2) is 18.2 Å². The van der Waals surface area contributed by atoms with Gasteiger partial charge in [-0.15, -0.1) is 0 Å². The topological polar surface area (TPSA) is 75.8 Å². The molecule has 0 atom stereocenters. The minimum atomic E-state index is -1.09. The second kappa shape index (κ2) is 6.97. The number of hydrogen-bond donors (Lipinski definition) is 2. The first kappa shape index (κ1) is 16.4. The molecule has 0 unspecified atom stereocenters. The predicted molar refractivity (Wildman–Crippen MR) is 99.2 cm³/mol. The van der Waals surface area contributed by atoms with Gasteiger partial charge in [0, 0.05) is 13.1 Å². The summed E-state index contributed by atoms with van der Waals surface area (Å²) < 4.78 is 5.89. The molecular formula is C20H18N2O3. The number of nitrogen functional groups attached to an aromatic ring is 1. The summed E-state index contributed by atoms with van der Waals surface area (Å²) in [4.78, 5) is 12.2. The van der Waals surface area contributed by atoms with Crippen molar-refractivity contribution in [3.63, 3.8) is 0 Å². The van der Waals surface area contributed by atoms with Crippen molar-refractivity contribution in [3.8, 4) is 22.6 Å². The van der Waals surface area contributed by atoms with Gasteiger partial charge in [0.05, 0.1) is 11.4 Å². The minimum absolute atomic E-state index is 0.371. The Morgan fingerprint density at radius 2 is 1.60 bits per heavy atom. The zero-order chi connectivity index (χ0) is 17.8. The Labute approximate surface area is 145 Å². The van der Waals surface area contributed by atoms with Crippen molar-refractivity contribution in [1.29, 1.82) is 0 Å². The molecule has 0 aliphatic rings. The Kier molecular flexibility index (Phi) is 4.57. The number of ether oxygens (including phenoxy) is 1. The lowest BCUT2D eigenvalue weighted by Crippen LogP contribution is -2.24. The average molecular weight is 334 g/mol. The lowest BCUT2D eigenvalue weighted by atomic mass is 10.1. The highest BCUT2D eigenvalue weighted by Gasteiger charge is 2.13. The first-order valence-corrected chi connectivity index (χ1v) is 7.74. The zero-order valence-corrected chi connectivity index (χ0v) is 13.7. The highest BCUT2D eigenvalue weighted by Crippen LogP contribution is 2.32. The number of amides is 1. The molecular weight excluding hydrogens is 316 g/mol. The molecule has 3 aromatic carbocycles. The number of anilines is 2. The third kappa shape index (κ3) is 3.72. The summed E-state index contributed by atoms with van der Waals surface area (Å²) in [6.07, 6.45) is -1.09. The van der Waals surface area contributed by atoms with Gasteiger partial charge in [-0.1, -0.05) is 42.5 Å². The van der Waals surface area contributed by atoms with E-state index in [1.54, 1.807) is 18.2 Å². The molecule has 0 fully saturated rings. The van der Waals surface area contributed by atoms with E-state index < -0.39 is 6.09 Å². The lowest BCUT2D eigenvalue weighted by Gasteiger charge is -2.17. The van der Waals surface area contributed by atoms with Crippen molar-refractivity contribution in [3.05, 3.63) is 72.8 Å². The third-order valence-corrected chi connectivity index (χ3v) is 3.83. The van der Waals surface area contributed by atoms with E-state index in [0.717, 1.165) is 16.0 Å². The van der Waals surface area contributed by atoms with Crippen LogP contribution in [0.1, 0.15) is 0 Å². The predicted octanol–water partition coefficient (Wildman–Crippen LogP) is 4.84. The summed E-state index contributed by atoms with van der Waals surface area (Å²) in [5.41, 5.74) is 8.74. The highest BCUT2D eigenvalue weighted by atomic mass is 16.5. The molecule has 0 radical (unpaired) electrons. The summed E-state index contributed by atoms with van der Waals surface area (Å²) in [5.74, 6) is 1.18. The van der Waals surface area contributed by atoms with Crippen LogP contribution in [0.3, 0.4) is 0 Å². The largest absolute Gasteiger partial charge is 0.465 e. The van der Waals surface area contributed by atoms with Gasteiger partial charge in [-0.25, -0.2) is 4.79 Å². The summed E-state index contributed by atoms with van der Waals surface area (Å²) in [5, 5.41) is 9.13. The molecule has 0 heterocycles. The molecule has 0 aromatic heterocycles. The maximum atomic E-state index is 11.2. The van der Waals surface area contributed by atoms with Crippen molar-refractivity contribution in [2.45, 2.75) is 0 Å². The molecule has 126 valence electrons. The van der Waals surface area contributed by atoms with Crippen LogP contribution in [0.5, 0.6) is 11.5 Å². The number of carboxylic acid groups (broad SMARTS) is 1. The van der Waals surface area contributed by atoms with E-state index >= 15 is 0 Å². The van der Waals surface area contributed by atoms with Crippen LogP contribution in [0, 0.1) is 0 Å². The Morgan fingerprint density at radius 1 is 0.920 bits per heavy atom. The number of nitrogens with two attached hydrogens (primary N) is 1. The van der Waals surface area contributed by atoms with Gasteiger partial charge in [-0.3, -0.25) is 4.90 Å². The van der Waals surface area contributed by atoms with E-state index in [1.807, 2.05) is 54.6 Å². The van der Waals surface area contributed by atoms with Gasteiger partial charge in [0.25, 0.3) is 0 Å². The van der Waals surface area contributed by atoms with E-state index in [1.165, 1.54) is 7.05 Å². The van der Waals surface area contributed by atoms with E-state index in [4.69, 9.17) is 15.6 Å². The maximum absolute atomic E-state index is 11.2. The van der Waals surface area contributed by atoms with Gasteiger partial charge in [-0.05, 0) is 35.4 Å². The van der Waals surface area contributed by atoms with Crippen LogP contribution in [0.15, 0.2) is 72.8 Å². The summed E-state index contributed by atoms with van der Waals surface area (Å²) >= 11 is 0. The Hall–Kier alpha value is -3.47. The molecule has 0 bridgehead atoms. The van der Waals surface area contributed by atoms with Crippen molar-refractivity contribution in [2.24, 2.45) is 0 Å². The van der Waals surface area contributed by atoms with Gasteiger partial charge < -0.3 is 15.6 Å². The van der Waals surface area contributed by atoms with Crippen molar-refractivity contribution in [1.82, 2.24) is 0 Å². The SMILES string of the molecule is CN(C(=O)O)c1cc(Oc2cccc(-c3ccccc3)c2)ccc1N. The molecule has 3 N–H and O–H groups in total. The van der Waals surface area contributed by atoms with Crippen LogP contribution >= 0.6 is 0 Å². The van der Waals surface area contributed by atoms with E-state index in [9.17, 15) is 4.79 Å². The van der Waals surface area contributed by atoms with Crippen LogP contribution < -0.4 is 15.4 Å². The van der Waals surface area contributed by atoms with Crippen LogP contribution in [0.25, 0.3) is 11.1 Å². The molecule has 0 aliphatic heterocycles. The smallest absolute Gasteiger partial charge is 0.411 e. The fraction of sp³-hybridized carbons (Fsp3) is 0.0500. The molecule has 25 heavy (non-hydrogen) atoms. The molecule has 0 saturated heterocycles. The van der Waals surface area contributed by atoms with Crippen molar-refractivity contribution < 1.29 is 14.6 Å². The normalized spacial score (nSPS) is 10.3. The maximum Gasteiger partial charge on any atom is 0.411 e. The second-order valence-electron chi connectivity index (χ2n) is 5.56. The average Bonchev–Trinajstić information content (AvgIpc) is 2.63. The lowest BCUT2D eigenvalue weighted by molar-refractivity contribution is 0.203. The number of benzene rings is 3. The standard InChI is InChI=1S/C20H18N2O3/c1-22(20(23)24)19-13-17(10-11-18(19)21)25-16-9-5-8-15(12-16)14-6-3-2-4-7-14/h2-13H,21H2,1H3,(H,23,24). The van der Waals surface area contributed by atoms with Crippen LogP contribution in [-0.2, 0) is 0 Å². The molecule has 1 amide bonds. The fourth-order valence-corrected chi connectivity index (χ4v) is 2.49. The van der Waals surface area contributed by atoms with Crippen LogP contribution in [0.4, 0.5) is 16.2 Å². The summed E-state index contributed by atoms with van der Waals surface area (Å²) in [6, 6.07) is 22.7. The first-order valence-electron chi connectivity index (χ1n) is 7.74. The van der Waals surface area contributed by atoms with Gasteiger partial charge in [0.1, 0.15) is 11.5 Å². The molecule has 3 rings (SSSR count). The zero-order valence-electron chi connectivity index (χ0n) is 13.7. The summed E-state index contributed by atoms with van der Waals surface area (Å²) in [7, 11) is 1.44. The van der Waals surface area contributed by atoms with E-state index in [0.29, 0.717) is 22.9 Å². The fourth-order valence-electron chi connectivity index (χ4n) is 2.49. The molecule has 0 spiro atoms. The van der Waals surface area contributed by atoms with Crippen molar-refractivity contribution >= 4 is 17.5 Å². The second-order valence-corrected chi connectivity index (χ2v) is 5.56. The van der Waals surface area contributed by atoms with E-state index in [-0.39, 0.29) is 0 Å². The molecule has 5 nitrogen and oxygen atoms in total. The molecule has 0 aliphatic carbocycles. The number of rotatable bonds is 4. The Balaban J connectivity index is 1.88. The highest BCUT2D eigenvalue weighted by molar-refractivity contribution is 5.90. The summed E-state index contributed by atoms with van der Waals surface area (Å²) in [6.45, 7) is 0. The number of nitrogens with zero attached hydrogens (tertiary/aromatic N) is 1. The number of hydrogen-bond acceptors (Lipinski definition) is 3.